The molecule has 0 N–H and O–H groups in total. The molecule has 1 heterocycles. The van der Waals surface area contributed by atoms with E-state index in [9.17, 15) is 8.42 Å². The highest BCUT2D eigenvalue weighted by Crippen LogP contribution is 2.30. The number of ether oxygens (including phenoxy) is 1. The number of hydrogen-bond acceptors (Lipinski definition) is 4. The van der Waals surface area contributed by atoms with E-state index in [-0.39, 0.29) is 6.10 Å². The largest absolute Gasteiger partial charge is 0.489 e. The fourth-order valence-electron chi connectivity index (χ4n) is 2.24. The fourth-order valence-corrected chi connectivity index (χ4v) is 2.88. The van der Waals surface area contributed by atoms with Gasteiger partial charge in [0.15, 0.2) is 9.84 Å². The van der Waals surface area contributed by atoms with Gasteiger partial charge in [0.05, 0.1) is 4.90 Å². The summed E-state index contributed by atoms with van der Waals surface area (Å²) in [6, 6.07) is 5.18. The summed E-state index contributed by atoms with van der Waals surface area (Å²) in [7, 11) is -1.11. The van der Waals surface area contributed by atoms with Gasteiger partial charge >= 0.3 is 0 Å². The highest BCUT2D eigenvalue weighted by atomic mass is 32.2. The van der Waals surface area contributed by atoms with Gasteiger partial charge in [-0.05, 0) is 44.1 Å². The molecule has 0 fully saturated rings. The van der Waals surface area contributed by atoms with E-state index < -0.39 is 9.84 Å². The molecule has 19 heavy (non-hydrogen) atoms. The minimum atomic E-state index is -3.17. The quantitative estimate of drug-likeness (QED) is 0.844. The summed E-state index contributed by atoms with van der Waals surface area (Å²) in [4.78, 5) is 2.53. The van der Waals surface area contributed by atoms with Gasteiger partial charge in [0, 0.05) is 12.8 Å². The Morgan fingerprint density at radius 2 is 2.16 bits per heavy atom. The second kappa shape index (κ2) is 5.51. The summed E-state index contributed by atoms with van der Waals surface area (Å²) < 4.78 is 29.1. The van der Waals surface area contributed by atoms with Gasteiger partial charge in [0.25, 0.3) is 0 Å². The Morgan fingerprint density at radius 1 is 1.42 bits per heavy atom. The third-order valence-electron chi connectivity index (χ3n) is 3.55. The van der Waals surface area contributed by atoms with Gasteiger partial charge in [-0.25, -0.2) is 8.42 Å². The van der Waals surface area contributed by atoms with Gasteiger partial charge < -0.3 is 9.64 Å². The third-order valence-corrected chi connectivity index (χ3v) is 4.66. The molecule has 0 radical (unpaired) electrons. The summed E-state index contributed by atoms with van der Waals surface area (Å²) in [6.45, 7) is 3.97. The monoisotopic (exact) mass is 283 g/mol. The first-order valence-electron chi connectivity index (χ1n) is 6.58. The number of fused-ring (bicyclic) bond motifs is 1. The number of benzene rings is 1. The number of nitrogens with zero attached hydrogens (tertiary/aromatic N) is 1. The Balaban J connectivity index is 2.19. The fraction of sp³-hybridized carbons (Fsp3) is 0.571. The number of aryl methyl sites for hydroxylation is 1. The number of sulfone groups is 1. The molecule has 0 bridgehead atoms. The van der Waals surface area contributed by atoms with Crippen LogP contribution in [0.1, 0.15) is 18.9 Å². The van der Waals surface area contributed by atoms with Crippen LogP contribution in [0.4, 0.5) is 0 Å². The van der Waals surface area contributed by atoms with E-state index in [0.717, 1.165) is 37.2 Å². The van der Waals surface area contributed by atoms with E-state index in [1.54, 1.807) is 12.1 Å². The molecule has 2 rings (SSSR count). The van der Waals surface area contributed by atoms with Crippen molar-refractivity contribution in [3.8, 4) is 5.75 Å². The van der Waals surface area contributed by atoms with Crippen molar-refractivity contribution in [2.75, 3.05) is 26.4 Å². The van der Waals surface area contributed by atoms with Gasteiger partial charge in [-0.2, -0.15) is 0 Å². The Labute approximate surface area is 115 Å². The first-order valence-corrected chi connectivity index (χ1v) is 8.47. The lowest BCUT2D eigenvalue weighted by atomic mass is 10.0. The van der Waals surface area contributed by atoms with Crippen LogP contribution in [0.2, 0.25) is 0 Å². The van der Waals surface area contributed by atoms with Gasteiger partial charge in [-0.3, -0.25) is 0 Å². The average Bonchev–Trinajstić information content (AvgIpc) is 2.36. The van der Waals surface area contributed by atoms with E-state index >= 15 is 0 Å². The molecule has 1 aliphatic heterocycles. The van der Waals surface area contributed by atoms with Crippen molar-refractivity contribution in [3.05, 3.63) is 23.8 Å². The van der Waals surface area contributed by atoms with Gasteiger partial charge in [-0.1, -0.05) is 13.0 Å². The van der Waals surface area contributed by atoms with Crippen molar-refractivity contribution >= 4 is 9.84 Å². The molecule has 0 spiro atoms. The molecule has 106 valence electrons. The Hall–Kier alpha value is -1.07. The molecule has 0 unspecified atom stereocenters. The Bertz CT molecular complexity index is 554. The zero-order chi connectivity index (χ0) is 14.0. The van der Waals surface area contributed by atoms with Crippen molar-refractivity contribution in [2.24, 2.45) is 0 Å². The second-order valence-corrected chi connectivity index (χ2v) is 7.19. The molecule has 0 aromatic heterocycles. The Kier molecular flexibility index (Phi) is 4.16. The molecular weight excluding hydrogens is 262 g/mol. The van der Waals surface area contributed by atoms with Crippen LogP contribution in [0, 0.1) is 0 Å². The highest BCUT2D eigenvalue weighted by molar-refractivity contribution is 7.90. The van der Waals surface area contributed by atoms with Crippen LogP contribution in [0.15, 0.2) is 23.1 Å². The van der Waals surface area contributed by atoms with Crippen molar-refractivity contribution in [3.63, 3.8) is 0 Å². The van der Waals surface area contributed by atoms with Crippen LogP contribution in [-0.4, -0.2) is 45.8 Å². The molecule has 4 nitrogen and oxygen atoms in total. The maximum Gasteiger partial charge on any atom is 0.175 e. The summed E-state index contributed by atoms with van der Waals surface area (Å²) >= 11 is 0. The predicted molar refractivity (Wildman–Crippen MR) is 75.5 cm³/mol. The van der Waals surface area contributed by atoms with Crippen LogP contribution >= 0.6 is 0 Å². The molecule has 0 amide bonds. The lowest BCUT2D eigenvalue weighted by molar-refractivity contribution is 0.129. The minimum Gasteiger partial charge on any atom is -0.489 e. The maximum absolute atomic E-state index is 11.6. The molecule has 1 atom stereocenters. The minimum absolute atomic E-state index is 0.146. The van der Waals surface area contributed by atoms with Gasteiger partial charge in [0.2, 0.25) is 0 Å². The highest BCUT2D eigenvalue weighted by Gasteiger charge is 2.22. The van der Waals surface area contributed by atoms with Crippen LogP contribution in [0.25, 0.3) is 0 Å². The zero-order valence-corrected chi connectivity index (χ0v) is 12.5. The molecular formula is C14H21NO3S. The number of hydrogen-bond donors (Lipinski definition) is 0. The molecule has 0 saturated heterocycles. The van der Waals surface area contributed by atoms with E-state index in [1.807, 2.05) is 6.07 Å². The third kappa shape index (κ3) is 3.48. The van der Waals surface area contributed by atoms with Crippen LogP contribution in [-0.2, 0) is 16.3 Å². The topological polar surface area (TPSA) is 46.6 Å². The molecule has 1 aliphatic rings. The van der Waals surface area contributed by atoms with Crippen LogP contribution in [0.3, 0.4) is 0 Å². The lowest BCUT2D eigenvalue weighted by Crippen LogP contribution is -2.35. The SMILES string of the molecule is CCN(C)C[C@H]1CCc2ccc(S(C)(=O)=O)cc2O1. The molecule has 1 aromatic carbocycles. The predicted octanol–water partition coefficient (Wildman–Crippen LogP) is 1.74. The van der Waals surface area contributed by atoms with E-state index in [2.05, 4.69) is 18.9 Å². The number of rotatable bonds is 4. The molecule has 0 saturated carbocycles. The molecule has 0 aliphatic carbocycles. The van der Waals surface area contributed by atoms with E-state index in [4.69, 9.17) is 4.74 Å². The lowest BCUT2D eigenvalue weighted by Gasteiger charge is -2.29. The normalized spacial score (nSPS) is 19.1. The van der Waals surface area contributed by atoms with Crippen molar-refractivity contribution in [1.29, 1.82) is 0 Å². The van der Waals surface area contributed by atoms with Gasteiger partial charge in [-0.15, -0.1) is 0 Å². The van der Waals surface area contributed by atoms with Crippen LogP contribution < -0.4 is 4.74 Å². The zero-order valence-electron chi connectivity index (χ0n) is 11.7. The van der Waals surface area contributed by atoms with Crippen molar-refractivity contribution in [2.45, 2.75) is 30.8 Å². The first kappa shape index (κ1) is 14.3. The van der Waals surface area contributed by atoms with Crippen LogP contribution in [0.5, 0.6) is 5.75 Å². The molecule has 1 aromatic rings. The smallest absolute Gasteiger partial charge is 0.175 e. The summed E-state index contributed by atoms with van der Waals surface area (Å²) in [5.74, 6) is 0.726. The average molecular weight is 283 g/mol. The molecule has 5 heteroatoms. The van der Waals surface area contributed by atoms with E-state index in [0.29, 0.717) is 4.90 Å². The van der Waals surface area contributed by atoms with Crippen molar-refractivity contribution in [1.82, 2.24) is 4.90 Å². The summed E-state index contributed by atoms with van der Waals surface area (Å²) in [5, 5.41) is 0. The maximum atomic E-state index is 11.6. The van der Waals surface area contributed by atoms with E-state index in [1.165, 1.54) is 6.26 Å². The van der Waals surface area contributed by atoms with Crippen molar-refractivity contribution < 1.29 is 13.2 Å². The number of likely N-dealkylation sites (N-methyl/N-ethyl adjacent to an activating group) is 1. The first-order chi connectivity index (χ1) is 8.90. The Morgan fingerprint density at radius 3 is 2.79 bits per heavy atom. The van der Waals surface area contributed by atoms with Gasteiger partial charge in [0.1, 0.15) is 11.9 Å². The standard InChI is InChI=1S/C14H21NO3S/c1-4-15(2)10-12-7-5-11-6-8-13(19(3,16)17)9-14(11)18-12/h6,8-9,12H,4-5,7,10H2,1-3H3/t12-/m1/s1. The second-order valence-electron chi connectivity index (χ2n) is 5.18. The summed E-state index contributed by atoms with van der Waals surface area (Å²) in [5.41, 5.74) is 1.10. The summed E-state index contributed by atoms with van der Waals surface area (Å²) in [6.07, 6.45) is 3.30.